The van der Waals surface area contributed by atoms with Gasteiger partial charge >= 0.3 is 5.97 Å². The van der Waals surface area contributed by atoms with E-state index in [1.165, 1.54) is 0 Å². The van der Waals surface area contributed by atoms with Gasteiger partial charge in [0.1, 0.15) is 0 Å². The molecule has 1 aliphatic carbocycles. The second kappa shape index (κ2) is 3.89. The number of carbonyl (C=O) groups is 1. The van der Waals surface area contributed by atoms with Crippen molar-refractivity contribution >= 4 is 5.97 Å². The Kier molecular flexibility index (Phi) is 3.20. The molecule has 14 heavy (non-hydrogen) atoms. The van der Waals surface area contributed by atoms with Gasteiger partial charge in [0.15, 0.2) is 0 Å². The largest absolute Gasteiger partial charge is 0.481 e. The normalized spacial score (nSPS) is 21.1. The smallest absolute Gasteiger partial charge is 0.309 e. The number of carboxylic acid groups (broad SMARTS) is 1. The first-order valence-electron chi connectivity index (χ1n) is 5.32. The minimum absolute atomic E-state index is 0.542. The summed E-state index contributed by atoms with van der Waals surface area (Å²) in [5.74, 6) is -0.681. The van der Waals surface area contributed by atoms with Gasteiger partial charge in [-0.3, -0.25) is 4.79 Å². The van der Waals surface area contributed by atoms with Crippen molar-refractivity contribution in [1.82, 2.24) is 0 Å². The van der Waals surface area contributed by atoms with Gasteiger partial charge in [0.2, 0.25) is 0 Å². The van der Waals surface area contributed by atoms with Crippen molar-refractivity contribution < 1.29 is 15.0 Å². The molecule has 0 aromatic carbocycles. The fourth-order valence-electron chi connectivity index (χ4n) is 2.17. The third-order valence-corrected chi connectivity index (χ3v) is 3.23. The van der Waals surface area contributed by atoms with E-state index < -0.39 is 17.0 Å². The van der Waals surface area contributed by atoms with Crippen molar-refractivity contribution in [2.45, 2.75) is 58.0 Å². The Labute approximate surface area is 85.1 Å². The topological polar surface area (TPSA) is 57.5 Å². The van der Waals surface area contributed by atoms with Crippen LogP contribution in [0.3, 0.4) is 0 Å². The van der Waals surface area contributed by atoms with E-state index in [-0.39, 0.29) is 0 Å². The molecule has 0 aliphatic heterocycles. The molecule has 0 unspecified atom stereocenters. The van der Waals surface area contributed by atoms with Crippen molar-refractivity contribution in [2.24, 2.45) is 5.41 Å². The summed E-state index contributed by atoms with van der Waals surface area (Å²) in [6, 6.07) is 0. The predicted octanol–water partition coefficient (Wildman–Crippen LogP) is 2.18. The molecule has 3 nitrogen and oxygen atoms in total. The minimum atomic E-state index is -0.745. The highest BCUT2D eigenvalue weighted by molar-refractivity contribution is 5.74. The number of aliphatic hydroxyl groups is 1. The van der Waals surface area contributed by atoms with Gasteiger partial charge in [0.05, 0.1) is 11.0 Å². The number of rotatable bonds is 4. The first-order valence-corrected chi connectivity index (χ1v) is 5.32. The minimum Gasteiger partial charge on any atom is -0.481 e. The standard InChI is InChI=1S/C11H20O3/c1-10(2,14)7-8-11(9(12)13)5-3-4-6-11/h14H,3-8H2,1-2H3,(H,12,13). The third-order valence-electron chi connectivity index (χ3n) is 3.23. The maximum atomic E-state index is 11.2. The lowest BCUT2D eigenvalue weighted by Crippen LogP contribution is -2.31. The van der Waals surface area contributed by atoms with Crippen LogP contribution in [-0.4, -0.2) is 21.8 Å². The molecule has 0 saturated heterocycles. The SMILES string of the molecule is CC(C)(O)CCC1(C(=O)O)CCCC1. The van der Waals surface area contributed by atoms with E-state index in [0.29, 0.717) is 12.8 Å². The summed E-state index contributed by atoms with van der Waals surface area (Å²) in [5.41, 5.74) is -1.29. The maximum Gasteiger partial charge on any atom is 0.309 e. The van der Waals surface area contributed by atoms with Crippen molar-refractivity contribution in [2.75, 3.05) is 0 Å². The molecule has 1 saturated carbocycles. The second-order valence-electron chi connectivity index (χ2n) is 5.11. The quantitative estimate of drug-likeness (QED) is 0.731. The van der Waals surface area contributed by atoms with E-state index in [2.05, 4.69) is 0 Å². The van der Waals surface area contributed by atoms with Gasteiger partial charge in [0, 0.05) is 0 Å². The zero-order chi connectivity index (χ0) is 10.8. The highest BCUT2D eigenvalue weighted by atomic mass is 16.4. The first kappa shape index (κ1) is 11.5. The van der Waals surface area contributed by atoms with Crippen LogP contribution in [0.5, 0.6) is 0 Å². The summed E-state index contributed by atoms with van der Waals surface area (Å²) in [5, 5.41) is 18.8. The molecule has 1 aliphatic rings. The second-order valence-corrected chi connectivity index (χ2v) is 5.11. The molecule has 1 rings (SSSR count). The van der Waals surface area contributed by atoms with Crippen LogP contribution in [-0.2, 0) is 4.79 Å². The number of hydrogen-bond acceptors (Lipinski definition) is 2. The lowest BCUT2D eigenvalue weighted by atomic mass is 9.79. The molecule has 0 spiro atoms. The van der Waals surface area contributed by atoms with E-state index >= 15 is 0 Å². The van der Waals surface area contributed by atoms with Crippen LogP contribution in [0.25, 0.3) is 0 Å². The van der Waals surface area contributed by atoms with Crippen LogP contribution in [0.1, 0.15) is 52.4 Å². The van der Waals surface area contributed by atoms with Crippen LogP contribution in [0.15, 0.2) is 0 Å². The molecule has 2 N–H and O–H groups in total. The summed E-state index contributed by atoms with van der Waals surface area (Å²) < 4.78 is 0. The van der Waals surface area contributed by atoms with Crippen molar-refractivity contribution in [3.8, 4) is 0 Å². The Bertz CT molecular complexity index is 209. The summed E-state index contributed by atoms with van der Waals surface area (Å²) >= 11 is 0. The van der Waals surface area contributed by atoms with Gasteiger partial charge < -0.3 is 10.2 Å². The van der Waals surface area contributed by atoms with Crippen LogP contribution >= 0.6 is 0 Å². The molecule has 0 amide bonds. The molecule has 0 bridgehead atoms. The van der Waals surface area contributed by atoms with Crippen LogP contribution < -0.4 is 0 Å². The monoisotopic (exact) mass is 200 g/mol. The third kappa shape index (κ3) is 2.71. The van der Waals surface area contributed by atoms with Crippen LogP contribution in [0.4, 0.5) is 0 Å². The fourth-order valence-corrected chi connectivity index (χ4v) is 2.17. The first-order chi connectivity index (χ1) is 6.36. The van der Waals surface area contributed by atoms with Gasteiger partial charge in [0.25, 0.3) is 0 Å². The van der Waals surface area contributed by atoms with Gasteiger partial charge in [-0.25, -0.2) is 0 Å². The average molecular weight is 200 g/mol. The Balaban J connectivity index is 2.57. The molecule has 0 aromatic rings. The molecule has 82 valence electrons. The fraction of sp³-hybridized carbons (Fsp3) is 0.909. The lowest BCUT2D eigenvalue weighted by Gasteiger charge is -2.27. The Morgan fingerprint density at radius 2 is 1.86 bits per heavy atom. The Hall–Kier alpha value is -0.570. The number of carboxylic acids is 1. The van der Waals surface area contributed by atoms with E-state index in [9.17, 15) is 15.0 Å². The van der Waals surface area contributed by atoms with E-state index in [4.69, 9.17) is 0 Å². The zero-order valence-corrected chi connectivity index (χ0v) is 9.05. The van der Waals surface area contributed by atoms with Crippen molar-refractivity contribution in [1.29, 1.82) is 0 Å². The molecule has 0 atom stereocenters. The number of aliphatic carboxylic acids is 1. The molecular weight excluding hydrogens is 180 g/mol. The summed E-state index contributed by atoms with van der Waals surface area (Å²) in [4.78, 5) is 11.2. The highest BCUT2D eigenvalue weighted by Gasteiger charge is 2.41. The van der Waals surface area contributed by atoms with E-state index in [1.54, 1.807) is 13.8 Å². The van der Waals surface area contributed by atoms with Gasteiger partial charge in [-0.1, -0.05) is 12.8 Å². The lowest BCUT2D eigenvalue weighted by molar-refractivity contribution is -0.149. The van der Waals surface area contributed by atoms with Crippen LogP contribution in [0, 0.1) is 5.41 Å². The predicted molar refractivity (Wildman–Crippen MR) is 54.1 cm³/mol. The van der Waals surface area contributed by atoms with Gasteiger partial charge in [-0.15, -0.1) is 0 Å². The number of hydrogen-bond donors (Lipinski definition) is 2. The molecule has 0 radical (unpaired) electrons. The Morgan fingerprint density at radius 3 is 2.21 bits per heavy atom. The van der Waals surface area contributed by atoms with Gasteiger partial charge in [-0.2, -0.15) is 0 Å². The summed E-state index contributed by atoms with van der Waals surface area (Å²) in [6.07, 6.45) is 4.75. The van der Waals surface area contributed by atoms with Crippen LogP contribution in [0.2, 0.25) is 0 Å². The molecule has 0 heterocycles. The van der Waals surface area contributed by atoms with Crippen molar-refractivity contribution in [3.05, 3.63) is 0 Å². The molecule has 1 fully saturated rings. The van der Waals surface area contributed by atoms with E-state index in [1.807, 2.05) is 0 Å². The summed E-state index contributed by atoms with van der Waals surface area (Å²) in [6.45, 7) is 3.47. The van der Waals surface area contributed by atoms with Gasteiger partial charge in [-0.05, 0) is 39.5 Å². The highest BCUT2D eigenvalue weighted by Crippen LogP contribution is 2.43. The molecule has 0 aromatic heterocycles. The Morgan fingerprint density at radius 1 is 1.36 bits per heavy atom. The summed E-state index contributed by atoms with van der Waals surface area (Å²) in [7, 11) is 0. The van der Waals surface area contributed by atoms with Crippen molar-refractivity contribution in [3.63, 3.8) is 0 Å². The molecule has 3 heteroatoms. The maximum absolute atomic E-state index is 11.2. The van der Waals surface area contributed by atoms with E-state index in [0.717, 1.165) is 25.7 Å². The zero-order valence-electron chi connectivity index (χ0n) is 9.05. The average Bonchev–Trinajstić information content (AvgIpc) is 2.48. The molecular formula is C11H20O3.